The summed E-state index contributed by atoms with van der Waals surface area (Å²) >= 11 is 0. The molecule has 6 rings (SSSR count). The number of fused-ring (bicyclic) bond motifs is 2. The third kappa shape index (κ3) is 5.17. The van der Waals surface area contributed by atoms with Crippen LogP contribution in [0.25, 0.3) is 11.1 Å². The molecule has 2 aromatic rings. The summed E-state index contributed by atoms with van der Waals surface area (Å²) in [7, 11) is -1.60. The van der Waals surface area contributed by atoms with Gasteiger partial charge in [0.1, 0.15) is 0 Å². The molecule has 0 bridgehead atoms. The van der Waals surface area contributed by atoms with E-state index in [4.69, 9.17) is 0 Å². The summed E-state index contributed by atoms with van der Waals surface area (Å²) in [5, 5.41) is 0. The third-order valence-electron chi connectivity index (χ3n) is 10.2. The molecule has 0 amide bonds. The van der Waals surface area contributed by atoms with Crippen molar-refractivity contribution >= 4 is 19.2 Å². The maximum atomic E-state index is 2.77. The van der Waals surface area contributed by atoms with Gasteiger partial charge in [-0.2, -0.15) is 0 Å². The molecule has 8 unspecified atom stereocenters. The maximum absolute atomic E-state index is 2.77. The van der Waals surface area contributed by atoms with Gasteiger partial charge in [-0.15, -0.1) is 0 Å². The van der Waals surface area contributed by atoms with Crippen LogP contribution in [0, 0.1) is 50.4 Å². The zero-order chi connectivity index (χ0) is 24.2. The van der Waals surface area contributed by atoms with Crippen LogP contribution in [0.4, 0.5) is 0 Å². The van der Waals surface area contributed by atoms with E-state index in [0.717, 1.165) is 22.9 Å². The molecule has 0 radical (unpaired) electrons. The van der Waals surface area contributed by atoms with Crippen molar-refractivity contribution in [3.05, 3.63) is 123 Å². The molecule has 8 atom stereocenters. The van der Waals surface area contributed by atoms with E-state index in [2.05, 4.69) is 124 Å². The molecule has 4 aliphatic carbocycles. The van der Waals surface area contributed by atoms with Crippen LogP contribution in [0.3, 0.4) is 0 Å². The fraction of sp³-hybridized carbons (Fsp3) is 0.389. The van der Waals surface area contributed by atoms with Crippen molar-refractivity contribution in [1.82, 2.24) is 0 Å². The Bertz CT molecular complexity index is 1090. The molecule has 196 valence electrons. The van der Waals surface area contributed by atoms with Crippen molar-refractivity contribution in [3.63, 3.8) is 0 Å². The van der Waals surface area contributed by atoms with Crippen LogP contribution in [0.1, 0.15) is 37.8 Å². The van der Waals surface area contributed by atoms with Gasteiger partial charge in [-0.3, -0.25) is 0 Å². The molecule has 0 N–H and O–H groups in total. The topological polar surface area (TPSA) is 0 Å². The van der Waals surface area contributed by atoms with E-state index in [1.807, 2.05) is 0 Å². The molecule has 0 heterocycles. The number of benzene rings is 2. The normalized spacial score (nSPS) is 33.1. The van der Waals surface area contributed by atoms with Gasteiger partial charge in [-0.05, 0) is 81.7 Å². The van der Waals surface area contributed by atoms with E-state index >= 15 is 0 Å². The van der Waals surface area contributed by atoms with Gasteiger partial charge < -0.3 is 14.9 Å². The zero-order valence-corrected chi connectivity index (χ0v) is 27.7. The van der Waals surface area contributed by atoms with E-state index in [1.54, 1.807) is 11.1 Å². The Morgan fingerprint density at radius 2 is 0.974 bits per heavy atom. The second-order valence-corrected chi connectivity index (χ2v) is 17.4. The Hall–Kier alpha value is -1.50. The number of allylic oxidation sites excluding steroid dienone is 8. The molecular formula is C36H46SiZr+2. The largest absolute Gasteiger partial charge is 4.00 e. The maximum Gasteiger partial charge on any atom is 4.00 e. The molecule has 0 nitrogen and oxygen atoms in total. The van der Waals surface area contributed by atoms with Crippen molar-refractivity contribution in [2.45, 2.75) is 50.9 Å². The predicted molar refractivity (Wildman–Crippen MR) is 166 cm³/mol. The van der Waals surface area contributed by atoms with Crippen LogP contribution in [-0.4, -0.2) is 8.07 Å². The third-order valence-corrected chi connectivity index (χ3v) is 15.5. The molecular weight excluding hydrogens is 552 g/mol. The van der Waals surface area contributed by atoms with Crippen molar-refractivity contribution in [2.24, 2.45) is 35.5 Å². The summed E-state index contributed by atoms with van der Waals surface area (Å²) in [6.45, 7) is 10.7. The molecule has 2 aromatic carbocycles. The quantitative estimate of drug-likeness (QED) is 0.243. The van der Waals surface area contributed by atoms with Crippen LogP contribution in [0.15, 0.2) is 97.1 Å². The van der Waals surface area contributed by atoms with Gasteiger partial charge in [0.2, 0.25) is 0 Å². The average molecular weight is 598 g/mol. The van der Waals surface area contributed by atoms with E-state index in [1.165, 1.54) is 24.0 Å². The molecule has 4 aliphatic rings. The first-order valence-electron chi connectivity index (χ1n) is 13.8. The zero-order valence-electron chi connectivity index (χ0n) is 24.3. The second-order valence-electron chi connectivity index (χ2n) is 12.4. The average Bonchev–Trinajstić information content (AvgIpc) is 3.41. The van der Waals surface area contributed by atoms with Crippen molar-refractivity contribution < 1.29 is 26.2 Å². The van der Waals surface area contributed by atoms with Gasteiger partial charge in [0.25, 0.3) is 0 Å². The molecule has 0 spiro atoms. The van der Waals surface area contributed by atoms with E-state index in [9.17, 15) is 0 Å². The second kappa shape index (κ2) is 12.3. The predicted octanol–water partition coefficient (Wildman–Crippen LogP) is 10.2. The minimum Gasteiger partial charge on any atom is -0.358 e. The number of rotatable bonds is 4. The minimum atomic E-state index is -1.60. The Morgan fingerprint density at radius 3 is 1.34 bits per heavy atom. The van der Waals surface area contributed by atoms with Gasteiger partial charge in [-0.25, -0.2) is 0 Å². The summed E-state index contributed by atoms with van der Waals surface area (Å²) in [5.74, 6) is 4.37. The molecule has 2 heteroatoms. The van der Waals surface area contributed by atoms with Crippen LogP contribution in [0.2, 0.25) is 24.2 Å². The molecule has 0 aromatic heterocycles. The van der Waals surface area contributed by atoms with Crippen molar-refractivity contribution in [3.8, 4) is 0 Å². The summed E-state index contributed by atoms with van der Waals surface area (Å²) in [6.07, 6.45) is 17.5. The summed E-state index contributed by atoms with van der Waals surface area (Å²) in [4.78, 5) is 0. The number of hydrogen-bond donors (Lipinski definition) is 0. The van der Waals surface area contributed by atoms with Gasteiger partial charge in [0.15, 0.2) is 0 Å². The van der Waals surface area contributed by atoms with E-state index in [0.29, 0.717) is 23.7 Å². The van der Waals surface area contributed by atoms with E-state index < -0.39 is 8.07 Å². The Balaban J connectivity index is 0.00000133. The first-order valence-corrected chi connectivity index (χ1v) is 17.0. The standard InChI is InChI=1S/C34H40Si.2CH3.Zr/c1-23-21-31-27(25-13-7-5-8-14-25)17-11-19-29(31)33(23)35(3,4)34-24(2)22-32-28(18-12-20-30(32)34)26-15-9-6-10-16-26;;;/h5-20,23-24,29-34H,21-22H2,1-4H3;2*1H3;/q;2*-1;+4. The van der Waals surface area contributed by atoms with Crippen LogP contribution in [0.5, 0.6) is 0 Å². The summed E-state index contributed by atoms with van der Waals surface area (Å²) < 4.78 is 0. The van der Waals surface area contributed by atoms with Gasteiger partial charge in [0.05, 0.1) is 8.07 Å². The van der Waals surface area contributed by atoms with E-state index in [-0.39, 0.29) is 41.1 Å². The molecule has 0 aliphatic heterocycles. The van der Waals surface area contributed by atoms with Crippen LogP contribution in [-0.2, 0) is 26.2 Å². The SMILES string of the molecule is CC1CC2C(c3ccccc3)=CC=CC2C1[Si](C)(C)C1C(C)CC2C(c3ccccc3)=CC=CC21.[CH3-].[CH3-].[Zr+4]. The summed E-state index contributed by atoms with van der Waals surface area (Å²) in [6, 6.07) is 22.3. The Labute approximate surface area is 253 Å². The fourth-order valence-electron chi connectivity index (χ4n) is 9.23. The molecule has 38 heavy (non-hydrogen) atoms. The molecule has 0 saturated heterocycles. The van der Waals surface area contributed by atoms with Crippen molar-refractivity contribution in [2.75, 3.05) is 0 Å². The molecule has 2 fully saturated rings. The minimum absolute atomic E-state index is 0. The fourth-order valence-corrected chi connectivity index (χ4v) is 15.5. The smallest absolute Gasteiger partial charge is 0.358 e. The Morgan fingerprint density at radius 1 is 0.605 bits per heavy atom. The van der Waals surface area contributed by atoms with Gasteiger partial charge >= 0.3 is 26.2 Å². The molecule has 2 saturated carbocycles. The van der Waals surface area contributed by atoms with Crippen LogP contribution >= 0.6 is 0 Å². The summed E-state index contributed by atoms with van der Waals surface area (Å²) in [5.41, 5.74) is 7.73. The first-order chi connectivity index (χ1) is 17.0. The van der Waals surface area contributed by atoms with Gasteiger partial charge in [-0.1, -0.05) is 124 Å². The van der Waals surface area contributed by atoms with Gasteiger partial charge in [0, 0.05) is 0 Å². The van der Waals surface area contributed by atoms with Crippen molar-refractivity contribution in [1.29, 1.82) is 0 Å². The Kier molecular flexibility index (Phi) is 10.1. The monoisotopic (exact) mass is 596 g/mol. The first kappa shape index (κ1) is 31.0. The number of hydrogen-bond acceptors (Lipinski definition) is 0. The van der Waals surface area contributed by atoms with Crippen LogP contribution < -0.4 is 0 Å².